The predicted molar refractivity (Wildman–Crippen MR) is 93.8 cm³/mol. The van der Waals surface area contributed by atoms with E-state index in [0.717, 1.165) is 0 Å². The Bertz CT molecular complexity index is 328. The van der Waals surface area contributed by atoms with Crippen LogP contribution in [0.25, 0.3) is 0 Å². The van der Waals surface area contributed by atoms with Crippen LogP contribution in [-0.4, -0.2) is 31.1 Å². The van der Waals surface area contributed by atoms with Crippen molar-refractivity contribution in [3.63, 3.8) is 0 Å². The Morgan fingerprint density at radius 3 is 1.73 bits per heavy atom. The van der Waals surface area contributed by atoms with Crippen LogP contribution in [0.5, 0.6) is 0 Å². The molecular formula is C19H34LiN2+2. The number of hydrogen-bond donors (Lipinski definition) is 0. The molecule has 119 valence electrons. The summed E-state index contributed by atoms with van der Waals surface area (Å²) in [6.07, 6.45) is 5.31. The monoisotopic (exact) mass is 297 g/mol. The van der Waals surface area contributed by atoms with Gasteiger partial charge in [0.15, 0.2) is 0 Å². The second kappa shape index (κ2) is 13.2. The molecule has 1 aromatic rings. The van der Waals surface area contributed by atoms with Gasteiger partial charge in [-0.05, 0) is 25.7 Å². The van der Waals surface area contributed by atoms with Crippen LogP contribution in [-0.2, 0) is 0 Å². The van der Waals surface area contributed by atoms with Gasteiger partial charge < -0.3 is 0 Å². The van der Waals surface area contributed by atoms with Crippen molar-refractivity contribution in [3.05, 3.63) is 35.9 Å². The SMILES string of the molecule is CCCN(CCC)C(c1ccccc1)[N+](CCC)CCC.[Li+]. The van der Waals surface area contributed by atoms with Gasteiger partial charge in [0.05, 0.1) is 0 Å². The van der Waals surface area contributed by atoms with Crippen molar-refractivity contribution in [1.82, 2.24) is 9.80 Å². The zero-order valence-corrected chi connectivity index (χ0v) is 15.5. The normalized spacial score (nSPS) is 12.5. The van der Waals surface area contributed by atoms with E-state index in [2.05, 4.69) is 67.8 Å². The van der Waals surface area contributed by atoms with Crippen LogP contribution in [0.2, 0.25) is 0 Å². The average molecular weight is 297 g/mol. The fraction of sp³-hybridized carbons (Fsp3) is 0.684. The van der Waals surface area contributed by atoms with Crippen molar-refractivity contribution < 1.29 is 18.9 Å². The van der Waals surface area contributed by atoms with E-state index >= 15 is 0 Å². The van der Waals surface area contributed by atoms with Crippen LogP contribution >= 0.6 is 0 Å². The molecule has 0 heterocycles. The summed E-state index contributed by atoms with van der Waals surface area (Å²) in [6.45, 7) is 13.9. The maximum absolute atomic E-state index is 2.67. The number of benzene rings is 1. The third-order valence-corrected chi connectivity index (χ3v) is 3.83. The van der Waals surface area contributed by atoms with Crippen molar-refractivity contribution in [2.24, 2.45) is 0 Å². The molecule has 0 aliphatic rings. The minimum absolute atomic E-state index is 0. The van der Waals surface area contributed by atoms with Gasteiger partial charge in [-0.25, -0.2) is 4.90 Å². The second-order valence-electron chi connectivity index (χ2n) is 5.86. The molecule has 0 fully saturated rings. The molecule has 0 saturated heterocycles. The van der Waals surface area contributed by atoms with Gasteiger partial charge >= 0.3 is 18.9 Å². The molecule has 1 radical (unpaired) electrons. The van der Waals surface area contributed by atoms with Crippen LogP contribution in [0.1, 0.15) is 65.1 Å². The summed E-state index contributed by atoms with van der Waals surface area (Å²) in [5.74, 6) is 0. The topological polar surface area (TPSA) is 9.14 Å². The summed E-state index contributed by atoms with van der Waals surface area (Å²) in [4.78, 5) is 5.33. The maximum Gasteiger partial charge on any atom is 1.00 e. The summed E-state index contributed by atoms with van der Waals surface area (Å²) >= 11 is 0. The Morgan fingerprint density at radius 1 is 0.818 bits per heavy atom. The number of nitrogens with zero attached hydrogens (tertiary/aromatic N) is 2. The Hall–Kier alpha value is -0.263. The Labute approximate surface area is 150 Å². The van der Waals surface area contributed by atoms with E-state index in [4.69, 9.17) is 0 Å². The van der Waals surface area contributed by atoms with Crippen molar-refractivity contribution in [2.75, 3.05) is 26.2 Å². The molecule has 0 spiro atoms. The minimum Gasteiger partial charge on any atom is -0.246 e. The van der Waals surface area contributed by atoms with Gasteiger partial charge in [0.25, 0.3) is 0 Å². The van der Waals surface area contributed by atoms with Crippen molar-refractivity contribution in [1.29, 1.82) is 0 Å². The van der Waals surface area contributed by atoms with E-state index in [-0.39, 0.29) is 18.9 Å². The Morgan fingerprint density at radius 2 is 1.32 bits per heavy atom. The molecule has 0 aliphatic heterocycles. The average Bonchev–Trinajstić information content (AvgIpc) is 2.49. The third kappa shape index (κ3) is 6.88. The first kappa shape index (κ1) is 21.7. The first-order valence-corrected chi connectivity index (χ1v) is 8.81. The molecule has 0 atom stereocenters. The van der Waals surface area contributed by atoms with E-state index in [1.807, 2.05) is 0 Å². The third-order valence-electron chi connectivity index (χ3n) is 3.83. The molecule has 0 aromatic heterocycles. The largest absolute Gasteiger partial charge is 1.00 e. The number of hydrogen-bond acceptors (Lipinski definition) is 2. The standard InChI is InChI=1S/C19H34N2.Li/c1-5-14-20(15-6-2)19(18-12-10-9-11-13-18)21(16-7-3)17-8-4;/h9-13,19H,5-8,14-17H2,1-4H3;/q2*+1. The molecule has 0 saturated carbocycles. The summed E-state index contributed by atoms with van der Waals surface area (Å²) in [5, 5.41) is 0. The summed E-state index contributed by atoms with van der Waals surface area (Å²) in [7, 11) is 0. The molecule has 0 aliphatic carbocycles. The zero-order valence-electron chi connectivity index (χ0n) is 15.5. The van der Waals surface area contributed by atoms with Gasteiger partial charge in [0, 0.05) is 18.7 Å². The van der Waals surface area contributed by atoms with Crippen LogP contribution < -0.4 is 23.8 Å². The maximum atomic E-state index is 2.67. The van der Waals surface area contributed by atoms with Crippen LogP contribution in [0, 0.1) is 0 Å². The molecule has 22 heavy (non-hydrogen) atoms. The van der Waals surface area contributed by atoms with Gasteiger partial charge in [0.2, 0.25) is 6.17 Å². The predicted octanol–water partition coefficient (Wildman–Crippen LogP) is 1.77. The van der Waals surface area contributed by atoms with Gasteiger partial charge in [-0.2, -0.15) is 0 Å². The smallest absolute Gasteiger partial charge is 0.246 e. The summed E-state index contributed by atoms with van der Waals surface area (Å²) in [6, 6.07) is 11.1. The van der Waals surface area contributed by atoms with E-state index in [0.29, 0.717) is 6.17 Å². The molecule has 3 heteroatoms. The van der Waals surface area contributed by atoms with Crippen molar-refractivity contribution >= 4 is 0 Å². The second-order valence-corrected chi connectivity index (χ2v) is 5.86. The van der Waals surface area contributed by atoms with E-state index in [9.17, 15) is 0 Å². The first-order valence-electron chi connectivity index (χ1n) is 8.81. The van der Waals surface area contributed by atoms with Crippen LogP contribution in [0.15, 0.2) is 30.3 Å². The number of rotatable bonds is 11. The van der Waals surface area contributed by atoms with Crippen molar-refractivity contribution in [2.45, 2.75) is 59.5 Å². The molecular weight excluding hydrogens is 263 g/mol. The fourth-order valence-electron chi connectivity index (χ4n) is 3.14. The minimum atomic E-state index is 0. The molecule has 1 rings (SSSR count). The van der Waals surface area contributed by atoms with Gasteiger partial charge in [-0.1, -0.05) is 58.0 Å². The Balaban J connectivity index is 0.00000441. The first-order chi connectivity index (χ1) is 10.3. The van der Waals surface area contributed by atoms with E-state index < -0.39 is 0 Å². The molecule has 1 aromatic carbocycles. The molecule has 0 N–H and O–H groups in total. The summed E-state index contributed by atoms with van der Waals surface area (Å²) < 4.78 is 0. The van der Waals surface area contributed by atoms with Gasteiger partial charge in [-0.3, -0.25) is 0 Å². The fourth-order valence-corrected chi connectivity index (χ4v) is 3.14. The van der Waals surface area contributed by atoms with Crippen molar-refractivity contribution in [3.8, 4) is 0 Å². The zero-order chi connectivity index (χ0) is 15.5. The van der Waals surface area contributed by atoms with Crippen LogP contribution in [0.3, 0.4) is 0 Å². The molecule has 0 amide bonds. The van der Waals surface area contributed by atoms with E-state index in [1.54, 1.807) is 0 Å². The van der Waals surface area contributed by atoms with Gasteiger partial charge in [-0.15, -0.1) is 4.90 Å². The Kier molecular flexibility index (Phi) is 13.0. The van der Waals surface area contributed by atoms with Crippen LogP contribution in [0.4, 0.5) is 0 Å². The molecule has 0 bridgehead atoms. The molecule has 0 unspecified atom stereocenters. The molecule has 2 nitrogen and oxygen atoms in total. The van der Waals surface area contributed by atoms with E-state index in [1.165, 1.54) is 57.4 Å². The van der Waals surface area contributed by atoms with Gasteiger partial charge in [0.1, 0.15) is 13.1 Å². The quantitative estimate of drug-likeness (QED) is 0.344. The summed E-state index contributed by atoms with van der Waals surface area (Å²) in [5.41, 5.74) is 1.45.